The van der Waals surface area contributed by atoms with Crippen molar-refractivity contribution in [1.29, 1.82) is 0 Å². The number of hydrogen-bond acceptors (Lipinski definition) is 5. The number of H-pyrrole nitrogens is 1. The molecule has 0 aliphatic rings. The van der Waals surface area contributed by atoms with Gasteiger partial charge in [0.25, 0.3) is 5.91 Å². The van der Waals surface area contributed by atoms with Gasteiger partial charge in [-0.05, 0) is 42.0 Å². The zero-order chi connectivity index (χ0) is 23.3. The molecule has 0 atom stereocenters. The normalized spacial score (nSPS) is 10.4. The molecule has 0 unspecified atom stereocenters. The van der Waals surface area contributed by atoms with Gasteiger partial charge in [0.15, 0.2) is 11.6 Å². The van der Waals surface area contributed by atoms with Crippen LogP contribution in [0.4, 0.5) is 15.9 Å². The highest BCUT2D eigenvalue weighted by Gasteiger charge is 2.14. The molecule has 5 aromatic rings. The largest absolute Gasteiger partial charge is 0.453 e. The van der Waals surface area contributed by atoms with Gasteiger partial charge in [-0.3, -0.25) is 4.79 Å². The van der Waals surface area contributed by atoms with Crippen molar-refractivity contribution in [3.05, 3.63) is 108 Å². The highest BCUT2D eigenvalue weighted by atomic mass is 35.5. The van der Waals surface area contributed by atoms with Gasteiger partial charge >= 0.3 is 0 Å². The minimum Gasteiger partial charge on any atom is -0.453 e. The first-order valence-electron chi connectivity index (χ1n) is 10.6. The number of anilines is 2. The fraction of sp³-hybridized carbons (Fsp3) is 0.0385. The van der Waals surface area contributed by atoms with Gasteiger partial charge in [0.2, 0.25) is 0 Å². The van der Waals surface area contributed by atoms with Crippen LogP contribution in [0.15, 0.2) is 91.4 Å². The van der Waals surface area contributed by atoms with Crippen LogP contribution in [0.5, 0.6) is 11.5 Å². The number of halogens is 2. The summed E-state index contributed by atoms with van der Waals surface area (Å²) < 4.78 is 20.6. The lowest BCUT2D eigenvalue weighted by atomic mass is 10.2. The predicted molar refractivity (Wildman–Crippen MR) is 135 cm³/mol. The number of pyridine rings is 2. The maximum Gasteiger partial charge on any atom is 0.255 e. The van der Waals surface area contributed by atoms with Crippen LogP contribution in [0.1, 0.15) is 15.9 Å². The van der Waals surface area contributed by atoms with E-state index in [1.54, 1.807) is 42.9 Å². The molecular formula is C26H21ClFN5O2. The second-order valence-electron chi connectivity index (χ2n) is 7.49. The van der Waals surface area contributed by atoms with Crippen LogP contribution < -0.4 is 15.4 Å². The number of ether oxygens (including phenoxy) is 1. The first-order chi connectivity index (χ1) is 16.7. The molecule has 1 amide bonds. The Bertz CT molecular complexity index is 1460. The molecule has 0 spiro atoms. The van der Waals surface area contributed by atoms with Crippen molar-refractivity contribution >= 4 is 40.9 Å². The number of carbonyl (C=O) groups is 1. The zero-order valence-electron chi connectivity index (χ0n) is 18.4. The number of benzene rings is 2. The maximum atomic E-state index is 14.8. The van der Waals surface area contributed by atoms with Gasteiger partial charge in [0, 0.05) is 36.9 Å². The number of rotatable bonds is 7. The average Bonchev–Trinajstić information content (AvgIpc) is 3.35. The lowest BCUT2D eigenvalue weighted by Crippen LogP contribution is -2.24. The van der Waals surface area contributed by atoms with Gasteiger partial charge in [-0.25, -0.2) is 14.4 Å². The summed E-state index contributed by atoms with van der Waals surface area (Å²) in [5, 5.41) is 6.66. The lowest BCUT2D eigenvalue weighted by molar-refractivity contribution is 0.0951. The van der Waals surface area contributed by atoms with Crippen molar-refractivity contribution in [2.45, 2.75) is 6.54 Å². The molecule has 9 heteroatoms. The molecule has 2 aromatic carbocycles. The molecule has 5 rings (SSSR count). The van der Waals surface area contributed by atoms with Gasteiger partial charge in [0.1, 0.15) is 17.2 Å². The molecule has 3 aromatic heterocycles. The van der Waals surface area contributed by atoms with E-state index in [9.17, 15) is 9.18 Å². The quantitative estimate of drug-likeness (QED) is 0.261. The minimum atomic E-state index is -0.559. The van der Waals surface area contributed by atoms with E-state index in [1.165, 1.54) is 12.1 Å². The van der Waals surface area contributed by atoms with E-state index >= 15 is 0 Å². The molecule has 35 heavy (non-hydrogen) atoms. The summed E-state index contributed by atoms with van der Waals surface area (Å²) in [6, 6.07) is 20.9. The maximum absolute atomic E-state index is 14.8. The van der Waals surface area contributed by atoms with Crippen molar-refractivity contribution in [3.8, 4) is 11.5 Å². The highest BCUT2D eigenvalue weighted by Crippen LogP contribution is 2.31. The van der Waals surface area contributed by atoms with Gasteiger partial charge in [-0.15, -0.1) is 12.4 Å². The molecule has 3 heterocycles. The van der Waals surface area contributed by atoms with Crippen LogP contribution in [0, 0.1) is 5.82 Å². The van der Waals surface area contributed by atoms with E-state index in [4.69, 9.17) is 4.74 Å². The Morgan fingerprint density at radius 3 is 2.63 bits per heavy atom. The van der Waals surface area contributed by atoms with Gasteiger partial charge in [-0.1, -0.05) is 30.3 Å². The summed E-state index contributed by atoms with van der Waals surface area (Å²) in [6.07, 6.45) is 4.90. The molecule has 0 radical (unpaired) electrons. The number of aromatic amines is 1. The summed E-state index contributed by atoms with van der Waals surface area (Å²) in [5.74, 6) is 0.0444. The Labute approximate surface area is 206 Å². The van der Waals surface area contributed by atoms with Crippen LogP contribution >= 0.6 is 12.4 Å². The summed E-state index contributed by atoms with van der Waals surface area (Å²) in [6.45, 7) is 0.387. The van der Waals surface area contributed by atoms with Crippen LogP contribution in [0.25, 0.3) is 11.0 Å². The number of carbonyl (C=O) groups excluding carboxylic acids is 1. The Morgan fingerprint density at radius 1 is 0.943 bits per heavy atom. The van der Waals surface area contributed by atoms with Crippen molar-refractivity contribution in [2.24, 2.45) is 0 Å². The van der Waals surface area contributed by atoms with E-state index in [0.29, 0.717) is 35.0 Å². The topological polar surface area (TPSA) is 91.9 Å². The van der Waals surface area contributed by atoms with Crippen molar-refractivity contribution in [1.82, 2.24) is 20.3 Å². The summed E-state index contributed by atoms with van der Waals surface area (Å²) in [4.78, 5) is 24.2. The van der Waals surface area contributed by atoms with E-state index in [2.05, 4.69) is 25.6 Å². The fourth-order valence-electron chi connectivity index (χ4n) is 3.50. The van der Waals surface area contributed by atoms with Crippen molar-refractivity contribution < 1.29 is 13.9 Å². The predicted octanol–water partition coefficient (Wildman–Crippen LogP) is 5.98. The number of hydrogen-bond donors (Lipinski definition) is 3. The van der Waals surface area contributed by atoms with Crippen molar-refractivity contribution in [2.75, 3.05) is 5.32 Å². The third-order valence-corrected chi connectivity index (χ3v) is 5.18. The molecule has 0 saturated carbocycles. The Hall–Kier alpha value is -4.43. The molecular weight excluding hydrogens is 469 g/mol. The number of nitrogens with zero attached hydrogens (tertiary/aromatic N) is 2. The summed E-state index contributed by atoms with van der Waals surface area (Å²) in [7, 11) is 0. The molecule has 0 aliphatic carbocycles. The number of amides is 1. The lowest BCUT2D eigenvalue weighted by Gasteiger charge is -2.13. The van der Waals surface area contributed by atoms with E-state index in [1.807, 2.05) is 36.4 Å². The first kappa shape index (κ1) is 23.7. The van der Waals surface area contributed by atoms with Crippen LogP contribution in [-0.2, 0) is 6.54 Å². The smallest absolute Gasteiger partial charge is 0.255 e. The van der Waals surface area contributed by atoms with Gasteiger partial charge < -0.3 is 20.4 Å². The Morgan fingerprint density at radius 2 is 1.80 bits per heavy atom. The third-order valence-electron chi connectivity index (χ3n) is 5.18. The fourth-order valence-corrected chi connectivity index (χ4v) is 3.50. The zero-order valence-corrected chi connectivity index (χ0v) is 19.2. The number of fused-ring (bicyclic) bond motifs is 1. The van der Waals surface area contributed by atoms with Crippen LogP contribution in [-0.4, -0.2) is 20.9 Å². The summed E-state index contributed by atoms with van der Waals surface area (Å²) in [5.41, 5.74) is 2.43. The average molecular weight is 490 g/mol. The molecule has 176 valence electrons. The summed E-state index contributed by atoms with van der Waals surface area (Å²) >= 11 is 0. The highest BCUT2D eigenvalue weighted by molar-refractivity contribution is 5.99. The monoisotopic (exact) mass is 489 g/mol. The van der Waals surface area contributed by atoms with E-state index < -0.39 is 5.82 Å². The van der Waals surface area contributed by atoms with Gasteiger partial charge in [0.05, 0.1) is 10.9 Å². The molecule has 3 N–H and O–H groups in total. The molecule has 0 saturated heterocycles. The number of aromatic nitrogens is 3. The van der Waals surface area contributed by atoms with E-state index in [-0.39, 0.29) is 24.1 Å². The van der Waals surface area contributed by atoms with E-state index in [0.717, 1.165) is 10.9 Å². The Kier molecular flexibility index (Phi) is 7.23. The second kappa shape index (κ2) is 10.7. The molecule has 0 fully saturated rings. The second-order valence-corrected chi connectivity index (χ2v) is 7.49. The SMILES string of the molecule is Cl.O=C(NCc1ccccc1)c1cccnc1Nc1ccc(Oc2ccnc3[nH]ccc23)c(F)c1. The third kappa shape index (κ3) is 5.39. The van der Waals surface area contributed by atoms with Crippen molar-refractivity contribution in [3.63, 3.8) is 0 Å². The molecule has 0 aliphatic heterocycles. The molecule has 7 nitrogen and oxygen atoms in total. The Balaban J connectivity index is 0.00000289. The van der Waals surface area contributed by atoms with Crippen LogP contribution in [0.2, 0.25) is 0 Å². The minimum absolute atomic E-state index is 0. The number of nitrogens with one attached hydrogen (secondary N) is 3. The van der Waals surface area contributed by atoms with Crippen LogP contribution in [0.3, 0.4) is 0 Å². The molecule has 0 bridgehead atoms. The first-order valence-corrected chi connectivity index (χ1v) is 10.6. The van der Waals surface area contributed by atoms with Gasteiger partial charge in [-0.2, -0.15) is 0 Å². The standard InChI is InChI=1S/C26H20FN5O2.ClH/c27-21-15-18(8-9-23(21)34-22-11-14-30-24-19(22)10-13-29-24)32-25-20(7-4-12-28-25)26(33)31-16-17-5-2-1-3-6-17;/h1-15H,16H2,(H,28,32)(H,29,30)(H,31,33);1H.